The fourth-order valence-electron chi connectivity index (χ4n) is 15.4. The van der Waals surface area contributed by atoms with Gasteiger partial charge in [0.05, 0.1) is 93.4 Å². The first-order chi connectivity index (χ1) is 61.1. The number of methoxy groups -OCH3 is 1. The van der Waals surface area contributed by atoms with Crippen molar-refractivity contribution >= 4 is 106 Å². The van der Waals surface area contributed by atoms with Crippen LogP contribution in [0.2, 0.25) is 0 Å². The Bertz CT molecular complexity index is 4940. The molecule has 0 spiro atoms. The van der Waals surface area contributed by atoms with Crippen LogP contribution < -0.4 is 45.3 Å². The topological polar surface area (TPSA) is 446 Å². The van der Waals surface area contributed by atoms with Gasteiger partial charge in [0.1, 0.15) is 30.5 Å². The quantitative estimate of drug-likeness (QED) is 0.0188. The standard InChI is InChI=1S/C93H114N10O25/c1-54(2)67(45-65(104)28-36-123-38-30-94-80(108)26-32-98-82(110)22-23-83(98)111)86(114)96-59(8)75(106)43-61-14-18-63(19-15-61)52-127-92(120)102-71-48-77(58(7)42-69(71)88(116)100-50-56(5)40-73(100)90(102)118)125-34-12-11-13-35-126-79-49-72-70(47-78(79)122-10)89(117)101-51-57(6)41-74(101)91(119)103(72)93(121)128-53-64-20-16-62(17-21-64)44-76(107)60(9)97-87(115)68(55(3)4)46-66(105)29-37-124-39-31-95-81(109)27-33-99-84(112)24-25-85(99)113/h14-25,42,47-51,54-55,59-60,67-68,73-74,90-91,118-119H,11-13,26-41,43-46,52-53H2,1-10H3,(H,94,108)(H,95,109)(H,96,114)(H,97,115)/t59-,60-,67-,68-,73-,74-,90-,91-/m0/s1. The summed E-state index contributed by atoms with van der Waals surface area (Å²) < 4.78 is 41.1. The van der Waals surface area contributed by atoms with E-state index in [1.807, 2.05) is 6.92 Å². The highest BCUT2D eigenvalue weighted by molar-refractivity contribution is 6.14. The normalized spacial score (nSPS) is 17.8. The third kappa shape index (κ3) is 25.9. The molecule has 0 fully saturated rings. The maximum atomic E-state index is 14.5. The van der Waals surface area contributed by atoms with Gasteiger partial charge in [0, 0.05) is 138 Å². The number of amides is 12. The van der Waals surface area contributed by atoms with E-state index in [0.29, 0.717) is 52.8 Å². The number of Topliss-reactive ketones (excluding diaryl/α,β-unsaturated/α-hetero) is 4. The number of aliphatic hydroxyl groups is 2. The zero-order valence-electron chi connectivity index (χ0n) is 73.8. The Labute approximate surface area is 742 Å². The molecule has 8 atom stereocenters. The van der Waals surface area contributed by atoms with Gasteiger partial charge in [-0.15, -0.1) is 0 Å². The SMILES string of the molecule is COc1cc2c(cc1OCCCCCOc1cc3c(cc1C)C(=O)N1C=C(C)C[C@H]1[C@H](O)N3C(=O)OCc1ccc(CC(=O)[C@H](C)NC(=O)[C@@H](CC(=O)CCOCCNC(=O)CCN3C(=O)C=CC3=O)C(C)C)cc1)N(C(=O)OCc1ccc(CC(=O)[C@H](C)NC(=O)[C@@H](CC(=O)CCOCCNC(=O)CCN3C(=O)C=CC3=O)C(C)C)cc1)[C@@H](O)[C@@H]1CC(C)=CN1C2=O. The number of aliphatic hydroxyl groups excluding tert-OH is 2. The van der Waals surface area contributed by atoms with Gasteiger partial charge in [0.2, 0.25) is 23.6 Å². The second kappa shape index (κ2) is 45.7. The number of hydrogen-bond donors (Lipinski definition) is 6. The zero-order valence-corrected chi connectivity index (χ0v) is 73.8. The van der Waals surface area contributed by atoms with Crippen LogP contribution in [0.15, 0.2) is 121 Å². The molecule has 4 aromatic carbocycles. The van der Waals surface area contributed by atoms with Gasteiger partial charge < -0.3 is 74.4 Å². The van der Waals surface area contributed by atoms with Crippen LogP contribution in [0.25, 0.3) is 0 Å². The molecule has 0 radical (unpaired) electrons. The summed E-state index contributed by atoms with van der Waals surface area (Å²) in [4.78, 5) is 216. The van der Waals surface area contributed by atoms with Crippen LogP contribution in [0.5, 0.6) is 17.2 Å². The maximum absolute atomic E-state index is 14.5. The van der Waals surface area contributed by atoms with E-state index in [0.717, 1.165) is 55.0 Å². The zero-order chi connectivity index (χ0) is 92.7. The molecule has 6 N–H and O–H groups in total. The molecule has 6 heterocycles. The molecule has 12 amide bonds. The number of unbranched alkanes of at least 4 members (excludes halogenated alkanes) is 2. The van der Waals surface area contributed by atoms with Crippen molar-refractivity contribution in [1.29, 1.82) is 0 Å². The molecule has 10 rings (SSSR count). The number of rotatable bonds is 47. The lowest BCUT2D eigenvalue weighted by Crippen LogP contribution is -2.50. The molecule has 35 nitrogen and oxygen atoms in total. The van der Waals surface area contributed by atoms with E-state index in [1.54, 1.807) is 122 Å². The van der Waals surface area contributed by atoms with Crippen LogP contribution in [0.3, 0.4) is 0 Å². The third-order valence-corrected chi connectivity index (χ3v) is 22.9. The summed E-state index contributed by atoms with van der Waals surface area (Å²) in [5.41, 5.74) is 4.65. The van der Waals surface area contributed by atoms with Gasteiger partial charge in [-0.25, -0.2) is 19.4 Å². The number of carbonyl (C=O) groups is 16. The van der Waals surface area contributed by atoms with E-state index in [9.17, 15) is 86.9 Å². The summed E-state index contributed by atoms with van der Waals surface area (Å²) in [7, 11) is 1.40. The number of anilines is 2. The molecule has 686 valence electrons. The monoisotopic (exact) mass is 1770 g/mol. The molecule has 0 saturated heterocycles. The number of aryl methyl sites for hydroxylation is 1. The first-order valence-corrected chi connectivity index (χ1v) is 43.1. The Morgan fingerprint density at radius 1 is 0.461 bits per heavy atom. The van der Waals surface area contributed by atoms with Crippen molar-refractivity contribution < 1.29 is 120 Å². The predicted octanol–water partition coefficient (Wildman–Crippen LogP) is 7.19. The van der Waals surface area contributed by atoms with Crippen molar-refractivity contribution in [2.24, 2.45) is 23.7 Å². The third-order valence-electron chi connectivity index (χ3n) is 22.9. The van der Waals surface area contributed by atoms with Crippen LogP contribution in [-0.2, 0) is 103 Å². The number of nitrogens with zero attached hydrogens (tertiary/aromatic N) is 6. The van der Waals surface area contributed by atoms with Gasteiger partial charge >= 0.3 is 12.2 Å². The van der Waals surface area contributed by atoms with Crippen molar-refractivity contribution in [3.05, 3.63) is 160 Å². The minimum absolute atomic E-state index is 0.00328. The number of ketones is 4. The lowest BCUT2D eigenvalue weighted by molar-refractivity contribution is -0.139. The van der Waals surface area contributed by atoms with E-state index in [2.05, 4.69) is 21.3 Å². The van der Waals surface area contributed by atoms with E-state index < -0.39 is 108 Å². The number of carbonyl (C=O) groups excluding carboxylic acids is 16. The van der Waals surface area contributed by atoms with E-state index in [-0.39, 0.29) is 224 Å². The molecule has 35 heteroatoms. The van der Waals surface area contributed by atoms with Crippen molar-refractivity contribution in [3.63, 3.8) is 0 Å². The molecule has 0 bridgehead atoms. The van der Waals surface area contributed by atoms with Crippen molar-refractivity contribution in [2.75, 3.05) is 82.7 Å². The highest BCUT2D eigenvalue weighted by Crippen LogP contribution is 2.44. The average Bonchev–Trinajstić information content (AvgIpc) is 1.60. The highest BCUT2D eigenvalue weighted by atomic mass is 16.6. The van der Waals surface area contributed by atoms with Crippen LogP contribution in [0.4, 0.5) is 21.0 Å². The van der Waals surface area contributed by atoms with Gasteiger partial charge in [-0.3, -0.25) is 76.9 Å². The number of nitrogens with one attached hydrogen (secondary N) is 4. The van der Waals surface area contributed by atoms with Crippen LogP contribution in [0, 0.1) is 30.6 Å². The maximum Gasteiger partial charge on any atom is 0.416 e. The Morgan fingerprint density at radius 2 is 0.844 bits per heavy atom. The summed E-state index contributed by atoms with van der Waals surface area (Å²) in [6.07, 6.45) is 4.40. The van der Waals surface area contributed by atoms with Crippen LogP contribution in [0.1, 0.15) is 175 Å². The molecular weight excluding hydrogens is 1660 g/mol. The number of hydrogen-bond acceptors (Lipinski definition) is 25. The van der Waals surface area contributed by atoms with Gasteiger partial charge in [-0.1, -0.05) is 87.4 Å². The lowest BCUT2D eigenvalue weighted by Gasteiger charge is -2.31. The fraction of sp³-hybridized carbons (Fsp3) is 0.484. The Morgan fingerprint density at radius 3 is 1.24 bits per heavy atom. The van der Waals surface area contributed by atoms with Gasteiger partial charge in [-0.05, 0) is 119 Å². The van der Waals surface area contributed by atoms with Gasteiger partial charge in [0.15, 0.2) is 35.5 Å². The first kappa shape index (κ1) is 97.6. The highest BCUT2D eigenvalue weighted by Gasteiger charge is 2.48. The molecule has 0 unspecified atom stereocenters. The second-order valence-electron chi connectivity index (χ2n) is 33.3. The number of imide groups is 2. The average molecular weight is 1770 g/mol. The number of fused-ring (bicyclic) bond motifs is 4. The molecule has 6 aliphatic heterocycles. The van der Waals surface area contributed by atoms with E-state index in [1.165, 1.54) is 35.1 Å². The van der Waals surface area contributed by atoms with E-state index >= 15 is 0 Å². The summed E-state index contributed by atoms with van der Waals surface area (Å²) >= 11 is 0. The second-order valence-corrected chi connectivity index (χ2v) is 33.3. The van der Waals surface area contributed by atoms with Crippen molar-refractivity contribution in [1.82, 2.24) is 40.9 Å². The lowest BCUT2D eigenvalue weighted by atomic mass is 9.88. The Balaban J connectivity index is 0.673. The molecule has 4 aromatic rings. The van der Waals surface area contributed by atoms with Crippen molar-refractivity contribution in [2.45, 2.75) is 196 Å². The molecule has 0 aromatic heterocycles. The number of benzene rings is 4. The van der Waals surface area contributed by atoms with E-state index in [4.69, 9.17) is 33.2 Å². The molecule has 0 saturated carbocycles. The minimum Gasteiger partial charge on any atom is -0.493 e. The van der Waals surface area contributed by atoms with Crippen molar-refractivity contribution in [3.8, 4) is 17.2 Å². The number of ether oxygens (including phenoxy) is 7. The molecule has 128 heavy (non-hydrogen) atoms. The smallest absolute Gasteiger partial charge is 0.416 e. The Kier molecular flexibility index (Phi) is 34.9. The predicted molar refractivity (Wildman–Crippen MR) is 462 cm³/mol. The summed E-state index contributed by atoms with van der Waals surface area (Å²) in [5, 5.41) is 35.0. The van der Waals surface area contributed by atoms with Crippen LogP contribution >= 0.6 is 0 Å². The summed E-state index contributed by atoms with van der Waals surface area (Å²) in [6.45, 7) is 16.0. The molecule has 0 aliphatic carbocycles. The molecular formula is C93H114N10O25. The summed E-state index contributed by atoms with van der Waals surface area (Å²) in [5.74, 6) is -6.88. The van der Waals surface area contributed by atoms with Gasteiger partial charge in [-0.2, -0.15) is 0 Å². The van der Waals surface area contributed by atoms with Gasteiger partial charge in [0.25, 0.3) is 35.4 Å². The Hall–Kier alpha value is -12.6. The fourth-order valence-corrected chi connectivity index (χ4v) is 15.4. The summed E-state index contributed by atoms with van der Waals surface area (Å²) in [6, 6.07) is 15.9. The largest absolute Gasteiger partial charge is 0.493 e. The first-order valence-electron chi connectivity index (χ1n) is 43.1. The minimum atomic E-state index is -1.59. The molecule has 6 aliphatic rings. The van der Waals surface area contributed by atoms with Crippen LogP contribution in [-0.4, -0.2) is 234 Å².